The van der Waals surface area contributed by atoms with E-state index in [2.05, 4.69) is 34.0 Å². The number of anilines is 1. The third kappa shape index (κ3) is 2.61. The van der Waals surface area contributed by atoms with Crippen LogP contribution in [0.15, 0.2) is 6.20 Å². The summed E-state index contributed by atoms with van der Waals surface area (Å²) >= 11 is 5.74. The van der Waals surface area contributed by atoms with Crippen molar-refractivity contribution in [2.75, 3.05) is 11.9 Å². The normalized spacial score (nSPS) is 29.2. The highest BCUT2D eigenvalue weighted by Crippen LogP contribution is 2.38. The van der Waals surface area contributed by atoms with Gasteiger partial charge in [0.1, 0.15) is 0 Å². The van der Waals surface area contributed by atoms with Crippen molar-refractivity contribution in [2.24, 2.45) is 0 Å². The van der Waals surface area contributed by atoms with Crippen LogP contribution in [0.1, 0.15) is 39.5 Å². The van der Waals surface area contributed by atoms with E-state index in [-0.39, 0.29) is 22.7 Å². The van der Waals surface area contributed by atoms with Gasteiger partial charge in [0.2, 0.25) is 5.28 Å². The lowest BCUT2D eigenvalue weighted by molar-refractivity contribution is 0.0500. The topological polar surface area (TPSA) is 41.1 Å². The van der Waals surface area contributed by atoms with Crippen molar-refractivity contribution in [1.82, 2.24) is 14.9 Å². The molecule has 0 saturated carbocycles. The van der Waals surface area contributed by atoms with Crippen LogP contribution < -0.4 is 5.32 Å². The average Bonchev–Trinajstić information content (AvgIpc) is 2.82. The Bertz CT molecular complexity index is 508. The van der Waals surface area contributed by atoms with Gasteiger partial charge in [0.05, 0.1) is 6.20 Å². The molecule has 0 aromatic carbocycles. The van der Waals surface area contributed by atoms with E-state index in [4.69, 9.17) is 11.6 Å². The average molecular weight is 299 g/mol. The number of piperidine rings is 1. The molecule has 1 unspecified atom stereocenters. The van der Waals surface area contributed by atoms with Gasteiger partial charge in [-0.3, -0.25) is 4.90 Å². The van der Waals surface area contributed by atoms with E-state index in [1.807, 2.05) is 0 Å². The predicted octanol–water partition coefficient (Wildman–Crippen LogP) is 3.09. The molecule has 0 bridgehead atoms. The van der Waals surface area contributed by atoms with E-state index >= 15 is 0 Å². The summed E-state index contributed by atoms with van der Waals surface area (Å²) in [5.41, 5.74) is 0.143. The molecule has 0 aliphatic carbocycles. The molecule has 2 aliphatic rings. The maximum Gasteiger partial charge on any atom is 0.224 e. The van der Waals surface area contributed by atoms with Gasteiger partial charge in [0, 0.05) is 17.6 Å². The molecule has 3 heterocycles. The van der Waals surface area contributed by atoms with Gasteiger partial charge in [-0.25, -0.2) is 9.37 Å². The Balaban J connectivity index is 1.76. The van der Waals surface area contributed by atoms with Gasteiger partial charge in [-0.1, -0.05) is 0 Å². The van der Waals surface area contributed by atoms with Crippen molar-refractivity contribution in [1.29, 1.82) is 0 Å². The van der Waals surface area contributed by atoms with Crippen LogP contribution in [0.2, 0.25) is 5.28 Å². The second kappa shape index (κ2) is 5.11. The molecule has 6 heteroatoms. The summed E-state index contributed by atoms with van der Waals surface area (Å²) < 4.78 is 13.7. The maximum atomic E-state index is 13.7. The summed E-state index contributed by atoms with van der Waals surface area (Å²) in [6, 6.07) is 0.821. The molecular weight excluding hydrogens is 279 g/mol. The molecule has 0 amide bonds. The minimum absolute atomic E-state index is 0.0754. The predicted molar refractivity (Wildman–Crippen MR) is 77.5 cm³/mol. The monoisotopic (exact) mass is 298 g/mol. The van der Waals surface area contributed by atoms with Gasteiger partial charge in [-0.05, 0) is 57.7 Å². The van der Waals surface area contributed by atoms with Crippen LogP contribution in [0.25, 0.3) is 0 Å². The molecule has 110 valence electrons. The lowest BCUT2D eigenvalue weighted by atomic mass is 9.84. The highest BCUT2D eigenvalue weighted by Gasteiger charge is 2.42. The molecule has 3 rings (SSSR count). The first kappa shape index (κ1) is 14.0. The van der Waals surface area contributed by atoms with Gasteiger partial charge in [-0.15, -0.1) is 0 Å². The molecule has 0 spiro atoms. The summed E-state index contributed by atoms with van der Waals surface area (Å²) in [6.07, 6.45) is 5.62. The van der Waals surface area contributed by atoms with Crippen molar-refractivity contribution in [3.63, 3.8) is 0 Å². The minimum Gasteiger partial charge on any atom is -0.365 e. The molecule has 0 radical (unpaired) electrons. The number of aromatic nitrogens is 2. The summed E-state index contributed by atoms with van der Waals surface area (Å²) in [7, 11) is 0. The first-order valence-electron chi connectivity index (χ1n) is 7.17. The van der Waals surface area contributed by atoms with Crippen LogP contribution >= 0.6 is 11.6 Å². The van der Waals surface area contributed by atoms with Crippen molar-refractivity contribution in [3.05, 3.63) is 17.3 Å². The van der Waals surface area contributed by atoms with E-state index < -0.39 is 5.82 Å². The number of halogens is 2. The van der Waals surface area contributed by atoms with Crippen LogP contribution in [0.3, 0.4) is 0 Å². The van der Waals surface area contributed by atoms with Gasteiger partial charge in [-0.2, -0.15) is 4.98 Å². The van der Waals surface area contributed by atoms with Crippen LogP contribution in [0.4, 0.5) is 10.2 Å². The van der Waals surface area contributed by atoms with Gasteiger partial charge >= 0.3 is 0 Å². The molecule has 2 fully saturated rings. The molecule has 20 heavy (non-hydrogen) atoms. The number of nitrogens with zero attached hydrogens (tertiary/aromatic N) is 3. The highest BCUT2D eigenvalue weighted by molar-refractivity contribution is 6.28. The highest BCUT2D eigenvalue weighted by atomic mass is 35.5. The zero-order chi connectivity index (χ0) is 14.3. The summed E-state index contributed by atoms with van der Waals surface area (Å²) in [5.74, 6) is -0.224. The van der Waals surface area contributed by atoms with Crippen LogP contribution in [-0.4, -0.2) is 39.0 Å². The Hall–Kier alpha value is -0.940. The Morgan fingerprint density at radius 3 is 3.10 bits per heavy atom. The second-order valence-electron chi connectivity index (χ2n) is 6.42. The molecule has 2 aliphatic heterocycles. The molecule has 4 nitrogen and oxygen atoms in total. The summed E-state index contributed by atoms with van der Waals surface area (Å²) in [5, 5.41) is 3.30. The van der Waals surface area contributed by atoms with Gasteiger partial charge in [0.25, 0.3) is 0 Å². The first-order valence-corrected chi connectivity index (χ1v) is 7.55. The third-order valence-corrected chi connectivity index (χ3v) is 4.69. The van der Waals surface area contributed by atoms with Gasteiger partial charge < -0.3 is 5.32 Å². The Morgan fingerprint density at radius 1 is 1.50 bits per heavy atom. The lowest BCUT2D eigenvalue weighted by Crippen LogP contribution is -2.55. The fourth-order valence-electron chi connectivity index (χ4n) is 3.76. The quantitative estimate of drug-likeness (QED) is 0.852. The van der Waals surface area contributed by atoms with E-state index in [0.717, 1.165) is 19.0 Å². The number of rotatable bonds is 2. The summed E-state index contributed by atoms with van der Waals surface area (Å²) in [4.78, 5) is 10.2. The Morgan fingerprint density at radius 2 is 2.30 bits per heavy atom. The maximum absolute atomic E-state index is 13.7. The van der Waals surface area contributed by atoms with E-state index in [9.17, 15) is 4.39 Å². The Kier molecular flexibility index (Phi) is 3.58. The van der Waals surface area contributed by atoms with E-state index in [1.165, 1.54) is 19.4 Å². The number of hydrogen-bond acceptors (Lipinski definition) is 4. The van der Waals surface area contributed by atoms with Gasteiger partial charge in [0.15, 0.2) is 11.6 Å². The number of nitrogens with one attached hydrogen (secondary N) is 1. The fourth-order valence-corrected chi connectivity index (χ4v) is 3.89. The first-order chi connectivity index (χ1) is 9.45. The lowest BCUT2D eigenvalue weighted by Gasteiger charge is -2.47. The van der Waals surface area contributed by atoms with Crippen LogP contribution in [0, 0.1) is 5.82 Å². The largest absolute Gasteiger partial charge is 0.365 e. The molecule has 1 aromatic heterocycles. The Labute approximate surface area is 123 Å². The zero-order valence-electron chi connectivity index (χ0n) is 11.9. The third-order valence-electron chi connectivity index (χ3n) is 4.51. The standard InChI is InChI=1S/C14H20ClFN4/c1-14(2)7-9(6-10-4-3-5-20(10)14)18-12-11(16)8-17-13(15)19-12/h8-10H,3-7H2,1-2H3,(H,17,18,19)/t9?,10-/m0/s1. The van der Waals surface area contributed by atoms with Crippen molar-refractivity contribution in [3.8, 4) is 0 Å². The molecule has 1 aromatic rings. The minimum atomic E-state index is -0.443. The summed E-state index contributed by atoms with van der Waals surface area (Å²) in [6.45, 7) is 5.71. The molecular formula is C14H20ClFN4. The van der Waals surface area contributed by atoms with Crippen LogP contribution in [0.5, 0.6) is 0 Å². The fraction of sp³-hybridized carbons (Fsp3) is 0.714. The van der Waals surface area contributed by atoms with Crippen molar-refractivity contribution >= 4 is 17.4 Å². The number of fused-ring (bicyclic) bond motifs is 1. The molecule has 1 N–H and O–H groups in total. The molecule has 2 saturated heterocycles. The van der Waals surface area contributed by atoms with E-state index in [0.29, 0.717) is 6.04 Å². The van der Waals surface area contributed by atoms with Crippen molar-refractivity contribution < 1.29 is 4.39 Å². The second-order valence-corrected chi connectivity index (χ2v) is 6.76. The smallest absolute Gasteiger partial charge is 0.224 e. The SMILES string of the molecule is CC1(C)CC(Nc2nc(Cl)ncc2F)C[C@@H]2CCCN21. The van der Waals surface area contributed by atoms with Crippen LogP contribution in [-0.2, 0) is 0 Å². The number of hydrogen-bond donors (Lipinski definition) is 1. The van der Waals surface area contributed by atoms with Crippen molar-refractivity contribution in [2.45, 2.75) is 57.2 Å². The molecule has 2 atom stereocenters. The van der Waals surface area contributed by atoms with E-state index in [1.54, 1.807) is 0 Å². The zero-order valence-corrected chi connectivity index (χ0v) is 12.6.